The molecule has 0 spiro atoms. The number of likely N-dealkylation sites (tertiary alicyclic amines) is 1. The Morgan fingerprint density at radius 3 is 2.46 bits per heavy atom. The summed E-state index contributed by atoms with van der Waals surface area (Å²) in [4.78, 5) is 25.4. The summed E-state index contributed by atoms with van der Waals surface area (Å²) < 4.78 is 6.22. The molecule has 0 saturated carbocycles. The van der Waals surface area contributed by atoms with Crippen LogP contribution < -0.4 is 20.3 Å². The predicted octanol–water partition coefficient (Wildman–Crippen LogP) is 5.00. The fraction of sp³-hybridized carbons (Fsp3) is 0.414. The molecule has 2 saturated heterocycles. The first-order valence-electron chi connectivity index (χ1n) is 13.4. The van der Waals surface area contributed by atoms with Crippen LogP contribution in [0.5, 0.6) is 11.6 Å². The Bertz CT molecular complexity index is 1260. The van der Waals surface area contributed by atoms with E-state index in [-0.39, 0.29) is 5.91 Å². The van der Waals surface area contributed by atoms with Crippen molar-refractivity contribution < 1.29 is 9.53 Å². The summed E-state index contributed by atoms with van der Waals surface area (Å²) in [6.07, 6.45) is 3.86. The molecule has 0 unspecified atom stereocenters. The number of rotatable bonds is 8. The fourth-order valence-corrected chi connectivity index (χ4v) is 5.61. The Balaban J connectivity index is 1.33. The van der Waals surface area contributed by atoms with Crippen LogP contribution in [0.1, 0.15) is 25.3 Å². The van der Waals surface area contributed by atoms with Crippen LogP contribution in [0.25, 0.3) is 11.3 Å². The van der Waals surface area contributed by atoms with Crippen LogP contribution in [-0.4, -0.2) is 66.6 Å². The molecule has 2 N–H and O–H groups in total. The maximum atomic E-state index is 11.3. The molecule has 2 aliphatic rings. The summed E-state index contributed by atoms with van der Waals surface area (Å²) in [6, 6.07) is 13.4. The molecule has 1 amide bonds. The van der Waals surface area contributed by atoms with E-state index in [9.17, 15) is 4.79 Å². The van der Waals surface area contributed by atoms with Gasteiger partial charge in [-0.1, -0.05) is 23.2 Å². The van der Waals surface area contributed by atoms with Crippen molar-refractivity contribution in [2.24, 2.45) is 5.92 Å². The first kappa shape index (κ1) is 27.6. The standard InChI is InChI=1S/C29H34Cl2N6O2/c1-20(38)33-17-21-4-8-36(9-5-21)19-22-12-27(23-14-24(30)16-25(31)15-23)35-29(13-22)39-26-2-3-28(34-18-26)37-10-6-32-7-11-37/h2-3,12-16,18,21,32H,4-11,17,19H2,1H3,(H,33,38). The lowest BCUT2D eigenvalue weighted by Crippen LogP contribution is -2.43. The van der Waals surface area contributed by atoms with Gasteiger partial charge in [-0.15, -0.1) is 0 Å². The average molecular weight is 570 g/mol. The Kier molecular flexibility index (Phi) is 9.19. The first-order valence-corrected chi connectivity index (χ1v) is 14.2. The lowest BCUT2D eigenvalue weighted by atomic mass is 9.96. The van der Waals surface area contributed by atoms with Gasteiger partial charge in [-0.25, -0.2) is 9.97 Å². The van der Waals surface area contributed by atoms with Gasteiger partial charge in [0.1, 0.15) is 11.6 Å². The summed E-state index contributed by atoms with van der Waals surface area (Å²) >= 11 is 12.6. The van der Waals surface area contributed by atoms with E-state index in [1.165, 1.54) is 0 Å². The molecule has 0 bridgehead atoms. The Labute approximate surface area is 239 Å². The van der Waals surface area contributed by atoms with Crippen LogP contribution in [0, 0.1) is 5.92 Å². The quantitative estimate of drug-likeness (QED) is 0.395. The number of halogens is 2. The third kappa shape index (κ3) is 7.82. The molecule has 206 valence electrons. The van der Waals surface area contributed by atoms with Gasteiger partial charge < -0.3 is 20.3 Å². The molecule has 2 aliphatic heterocycles. The largest absolute Gasteiger partial charge is 0.437 e. The van der Waals surface area contributed by atoms with Crippen LogP contribution >= 0.6 is 23.2 Å². The number of hydrogen-bond donors (Lipinski definition) is 2. The summed E-state index contributed by atoms with van der Waals surface area (Å²) in [5.41, 5.74) is 2.68. The van der Waals surface area contributed by atoms with Crippen LogP contribution in [-0.2, 0) is 11.3 Å². The molecule has 0 aliphatic carbocycles. The number of hydrogen-bond acceptors (Lipinski definition) is 7. The molecule has 10 heteroatoms. The van der Waals surface area contributed by atoms with Crippen LogP contribution in [0.4, 0.5) is 5.82 Å². The average Bonchev–Trinajstić information content (AvgIpc) is 2.93. The number of nitrogens with one attached hydrogen (secondary N) is 2. The molecule has 5 rings (SSSR count). The minimum absolute atomic E-state index is 0.0315. The number of amides is 1. The number of pyridine rings is 2. The minimum Gasteiger partial charge on any atom is -0.437 e. The van der Waals surface area contributed by atoms with Crippen LogP contribution in [0.15, 0.2) is 48.7 Å². The third-order valence-electron chi connectivity index (χ3n) is 7.16. The maximum absolute atomic E-state index is 11.3. The fourth-order valence-electron chi connectivity index (χ4n) is 5.08. The zero-order chi connectivity index (χ0) is 27.2. The van der Waals surface area contributed by atoms with Crippen molar-refractivity contribution in [3.05, 3.63) is 64.3 Å². The molecule has 8 nitrogen and oxygen atoms in total. The summed E-state index contributed by atoms with van der Waals surface area (Å²) in [7, 11) is 0. The Morgan fingerprint density at radius 2 is 1.79 bits per heavy atom. The van der Waals surface area contributed by atoms with Gasteiger partial charge >= 0.3 is 0 Å². The van der Waals surface area contributed by atoms with Crippen molar-refractivity contribution in [1.82, 2.24) is 25.5 Å². The molecule has 3 aromatic rings. The zero-order valence-electron chi connectivity index (χ0n) is 22.1. The highest BCUT2D eigenvalue weighted by molar-refractivity contribution is 6.35. The normalized spacial score (nSPS) is 16.7. The summed E-state index contributed by atoms with van der Waals surface area (Å²) in [5.74, 6) is 2.62. The van der Waals surface area contributed by atoms with Gasteiger partial charge in [0, 0.05) is 67.9 Å². The number of piperidine rings is 1. The van der Waals surface area contributed by atoms with E-state index in [2.05, 4.69) is 31.5 Å². The molecule has 0 radical (unpaired) electrons. The SMILES string of the molecule is CC(=O)NCC1CCN(Cc2cc(Oc3ccc(N4CCNCC4)nc3)nc(-c3cc(Cl)cc(Cl)c3)c2)CC1. The third-order valence-corrected chi connectivity index (χ3v) is 7.59. The van der Waals surface area contributed by atoms with Crippen molar-refractivity contribution in [2.75, 3.05) is 50.7 Å². The van der Waals surface area contributed by atoms with Gasteiger partial charge in [-0.2, -0.15) is 0 Å². The van der Waals surface area contributed by atoms with E-state index in [0.717, 1.165) is 87.8 Å². The summed E-state index contributed by atoms with van der Waals surface area (Å²) in [5, 5.41) is 7.43. The number of carbonyl (C=O) groups excluding carboxylic acids is 1. The zero-order valence-corrected chi connectivity index (χ0v) is 23.6. The Hall–Kier alpha value is -2.91. The molecular weight excluding hydrogens is 535 g/mol. The second-order valence-corrected chi connectivity index (χ2v) is 11.1. The van der Waals surface area contributed by atoms with Gasteiger partial charge in [-0.3, -0.25) is 9.69 Å². The van der Waals surface area contributed by atoms with Crippen molar-refractivity contribution >= 4 is 34.9 Å². The smallest absolute Gasteiger partial charge is 0.220 e. The number of ether oxygens (including phenoxy) is 1. The number of aromatic nitrogens is 2. The molecule has 2 aromatic heterocycles. The number of benzene rings is 1. The minimum atomic E-state index is 0.0315. The maximum Gasteiger partial charge on any atom is 0.220 e. The van der Waals surface area contributed by atoms with Crippen LogP contribution in [0.2, 0.25) is 10.0 Å². The second-order valence-electron chi connectivity index (χ2n) is 10.2. The second kappa shape index (κ2) is 13.0. The highest BCUT2D eigenvalue weighted by atomic mass is 35.5. The van der Waals surface area contributed by atoms with Gasteiger partial charge in [0.25, 0.3) is 0 Å². The predicted molar refractivity (Wildman–Crippen MR) is 156 cm³/mol. The highest BCUT2D eigenvalue weighted by Gasteiger charge is 2.20. The number of carbonyl (C=O) groups is 1. The molecule has 1 aromatic carbocycles. The molecular formula is C29H34Cl2N6O2. The topological polar surface area (TPSA) is 82.6 Å². The van der Waals surface area contributed by atoms with Crippen molar-refractivity contribution in [1.29, 1.82) is 0 Å². The van der Waals surface area contributed by atoms with Gasteiger partial charge in [0.15, 0.2) is 0 Å². The molecule has 39 heavy (non-hydrogen) atoms. The van der Waals surface area contributed by atoms with E-state index in [4.69, 9.17) is 32.9 Å². The highest BCUT2D eigenvalue weighted by Crippen LogP contribution is 2.31. The van der Waals surface area contributed by atoms with Crippen molar-refractivity contribution in [3.63, 3.8) is 0 Å². The van der Waals surface area contributed by atoms with Crippen molar-refractivity contribution in [3.8, 4) is 22.9 Å². The van der Waals surface area contributed by atoms with E-state index in [1.807, 2.05) is 30.3 Å². The van der Waals surface area contributed by atoms with Gasteiger partial charge in [0.05, 0.1) is 11.9 Å². The molecule has 0 atom stereocenters. The van der Waals surface area contributed by atoms with Crippen LogP contribution in [0.3, 0.4) is 0 Å². The lowest BCUT2D eigenvalue weighted by molar-refractivity contribution is -0.119. The van der Waals surface area contributed by atoms with E-state index < -0.39 is 0 Å². The van der Waals surface area contributed by atoms with E-state index in [1.54, 1.807) is 19.2 Å². The van der Waals surface area contributed by atoms with Gasteiger partial charge in [0.2, 0.25) is 11.8 Å². The first-order chi connectivity index (χ1) is 18.9. The monoisotopic (exact) mass is 568 g/mol. The van der Waals surface area contributed by atoms with Gasteiger partial charge in [-0.05, 0) is 73.8 Å². The van der Waals surface area contributed by atoms with E-state index >= 15 is 0 Å². The molecule has 2 fully saturated rings. The van der Waals surface area contributed by atoms with Crippen molar-refractivity contribution in [2.45, 2.75) is 26.3 Å². The van der Waals surface area contributed by atoms with E-state index in [0.29, 0.717) is 27.6 Å². The lowest BCUT2D eigenvalue weighted by Gasteiger charge is -2.32. The number of anilines is 1. The summed E-state index contributed by atoms with van der Waals surface area (Å²) in [6.45, 7) is 8.82. The number of piperazine rings is 1. The Morgan fingerprint density at radius 1 is 1.05 bits per heavy atom. The number of nitrogens with zero attached hydrogens (tertiary/aromatic N) is 4. The molecule has 4 heterocycles.